The molecule has 2 N–H and O–H groups in total. The predicted molar refractivity (Wildman–Crippen MR) is 95.6 cm³/mol. The Morgan fingerprint density at radius 2 is 2.00 bits per heavy atom. The smallest absolute Gasteiger partial charge is 0.338 e. The molecule has 0 aromatic carbocycles. The molecule has 27 heavy (non-hydrogen) atoms. The van der Waals surface area contributed by atoms with Gasteiger partial charge in [0.05, 0.1) is 12.0 Å². The molecule has 0 amide bonds. The molecule has 152 valence electrons. The zero-order chi connectivity index (χ0) is 20.4. The minimum absolute atomic E-state index is 0.227. The normalized spacial score (nSPS) is 39.0. The summed E-state index contributed by atoms with van der Waals surface area (Å²) in [7, 11) is 1.86. The predicted octanol–water partition coefficient (Wildman–Crippen LogP) is 0.0602. The SMILES string of the molecule is CC[C@@H]1C(=O)O[C@@H]2CCN(C)C/C=C(/COC(=O)[C@](C)(O)[C@H](C)[C@H]1O)C2=O. The second-order valence-electron chi connectivity index (χ2n) is 7.59. The molecule has 2 rings (SSSR count). The van der Waals surface area contributed by atoms with E-state index in [4.69, 9.17) is 9.47 Å². The quantitative estimate of drug-likeness (QED) is 0.611. The lowest BCUT2D eigenvalue weighted by Crippen LogP contribution is -2.52. The number of ketones is 1. The number of ether oxygens (including phenoxy) is 2. The third-order valence-electron chi connectivity index (χ3n) is 5.62. The molecule has 2 bridgehead atoms. The molecule has 0 radical (unpaired) electrons. The Labute approximate surface area is 159 Å². The number of carbonyl (C=O) groups is 3. The van der Waals surface area contributed by atoms with Crippen LogP contribution in [0.3, 0.4) is 0 Å². The van der Waals surface area contributed by atoms with Crippen molar-refractivity contribution in [3.8, 4) is 0 Å². The lowest BCUT2D eigenvalue weighted by molar-refractivity contribution is -0.181. The van der Waals surface area contributed by atoms with E-state index in [0.717, 1.165) is 0 Å². The number of rotatable bonds is 1. The van der Waals surface area contributed by atoms with Gasteiger partial charge in [-0.05, 0) is 20.4 Å². The Hall–Kier alpha value is -1.77. The van der Waals surface area contributed by atoms with Crippen LogP contribution in [0.25, 0.3) is 0 Å². The van der Waals surface area contributed by atoms with E-state index in [1.165, 1.54) is 13.8 Å². The Morgan fingerprint density at radius 3 is 2.63 bits per heavy atom. The van der Waals surface area contributed by atoms with Gasteiger partial charge in [-0.1, -0.05) is 19.9 Å². The molecule has 1 saturated heterocycles. The Bertz CT molecular complexity index is 628. The van der Waals surface area contributed by atoms with Crippen LogP contribution in [-0.2, 0) is 23.9 Å². The van der Waals surface area contributed by atoms with Crippen molar-refractivity contribution >= 4 is 17.7 Å². The van der Waals surface area contributed by atoms with Gasteiger partial charge in [0.2, 0.25) is 5.78 Å². The maximum atomic E-state index is 12.8. The lowest BCUT2D eigenvalue weighted by atomic mass is 9.79. The van der Waals surface area contributed by atoms with Gasteiger partial charge in [-0.3, -0.25) is 9.59 Å². The van der Waals surface area contributed by atoms with Crippen LogP contribution in [0.5, 0.6) is 0 Å². The number of fused-ring (bicyclic) bond motifs is 2. The van der Waals surface area contributed by atoms with E-state index >= 15 is 0 Å². The van der Waals surface area contributed by atoms with E-state index in [9.17, 15) is 24.6 Å². The molecule has 0 saturated carbocycles. The van der Waals surface area contributed by atoms with Crippen molar-refractivity contribution in [2.24, 2.45) is 11.8 Å². The van der Waals surface area contributed by atoms with Crippen molar-refractivity contribution < 1.29 is 34.1 Å². The number of aliphatic hydroxyl groups excluding tert-OH is 1. The summed E-state index contributed by atoms with van der Waals surface area (Å²) >= 11 is 0. The molecule has 2 heterocycles. The number of nitrogens with zero attached hydrogens (tertiary/aromatic N) is 1. The van der Waals surface area contributed by atoms with E-state index in [0.29, 0.717) is 19.5 Å². The maximum absolute atomic E-state index is 12.8. The number of carbonyl (C=O) groups excluding carboxylic acids is 3. The molecule has 0 aromatic rings. The number of cyclic esters (lactones) is 1. The summed E-state index contributed by atoms with van der Waals surface area (Å²) in [4.78, 5) is 39.8. The second-order valence-corrected chi connectivity index (χ2v) is 7.59. The van der Waals surface area contributed by atoms with Crippen molar-refractivity contribution in [1.29, 1.82) is 0 Å². The highest BCUT2D eigenvalue weighted by Gasteiger charge is 2.46. The van der Waals surface area contributed by atoms with Crippen LogP contribution in [0.1, 0.15) is 33.6 Å². The van der Waals surface area contributed by atoms with E-state index < -0.39 is 47.4 Å². The van der Waals surface area contributed by atoms with Gasteiger partial charge in [0.15, 0.2) is 11.7 Å². The summed E-state index contributed by atoms with van der Waals surface area (Å²) in [6.07, 6.45) is -0.135. The lowest BCUT2D eigenvalue weighted by Gasteiger charge is -2.35. The van der Waals surface area contributed by atoms with Gasteiger partial charge in [-0.2, -0.15) is 0 Å². The van der Waals surface area contributed by atoms with Crippen LogP contribution in [0, 0.1) is 11.8 Å². The summed E-state index contributed by atoms with van der Waals surface area (Å²) in [5, 5.41) is 21.2. The standard InChI is InChI=1S/C19H29NO7/c1-5-13-15(21)11(2)19(3,25)18(24)26-10-12-6-8-20(4)9-7-14(16(12)22)27-17(13)23/h6,11,13-15,21,25H,5,7-10H2,1-4H3/b12-6-/t11-,13+,14-,15-,19-/m1/s1. The first-order valence-corrected chi connectivity index (χ1v) is 9.29. The summed E-state index contributed by atoms with van der Waals surface area (Å²) in [6, 6.07) is 0. The van der Waals surface area contributed by atoms with Crippen molar-refractivity contribution in [2.75, 3.05) is 26.7 Å². The van der Waals surface area contributed by atoms with Gasteiger partial charge < -0.3 is 24.6 Å². The fraction of sp³-hybridized carbons (Fsp3) is 0.737. The summed E-state index contributed by atoms with van der Waals surface area (Å²) in [5.41, 5.74) is -1.79. The minimum Gasteiger partial charge on any atom is -0.459 e. The molecule has 0 aliphatic carbocycles. The molecule has 0 unspecified atom stereocenters. The van der Waals surface area contributed by atoms with E-state index in [1.54, 1.807) is 13.0 Å². The minimum atomic E-state index is -2.02. The topological polar surface area (TPSA) is 113 Å². The molecule has 0 aromatic heterocycles. The third-order valence-corrected chi connectivity index (χ3v) is 5.62. The fourth-order valence-electron chi connectivity index (χ4n) is 3.31. The van der Waals surface area contributed by atoms with Gasteiger partial charge in [0, 0.05) is 31.0 Å². The van der Waals surface area contributed by atoms with Crippen molar-refractivity contribution in [3.05, 3.63) is 11.6 Å². The first kappa shape index (κ1) is 21.5. The monoisotopic (exact) mass is 383 g/mol. The molecule has 8 heteroatoms. The average molecular weight is 383 g/mol. The average Bonchev–Trinajstić information content (AvgIpc) is 2.62. The second kappa shape index (κ2) is 8.50. The van der Waals surface area contributed by atoms with Gasteiger partial charge >= 0.3 is 11.9 Å². The van der Waals surface area contributed by atoms with Crippen LogP contribution >= 0.6 is 0 Å². The Balaban J connectivity index is 2.45. The zero-order valence-electron chi connectivity index (χ0n) is 16.3. The first-order chi connectivity index (χ1) is 12.6. The van der Waals surface area contributed by atoms with Crippen LogP contribution < -0.4 is 0 Å². The molecular formula is C19H29NO7. The van der Waals surface area contributed by atoms with E-state index in [1.807, 2.05) is 11.9 Å². The third kappa shape index (κ3) is 4.56. The van der Waals surface area contributed by atoms with Gasteiger partial charge in [-0.25, -0.2) is 4.79 Å². The fourth-order valence-corrected chi connectivity index (χ4v) is 3.31. The largest absolute Gasteiger partial charge is 0.459 e. The summed E-state index contributed by atoms with van der Waals surface area (Å²) in [6.45, 7) is 5.12. The van der Waals surface area contributed by atoms with Crippen molar-refractivity contribution in [1.82, 2.24) is 4.90 Å². The molecular weight excluding hydrogens is 354 g/mol. The number of Topliss-reactive ketones (excluding diaryl/α,β-unsaturated/α-hetero) is 1. The summed E-state index contributed by atoms with van der Waals surface area (Å²) < 4.78 is 10.7. The Morgan fingerprint density at radius 1 is 1.33 bits per heavy atom. The molecule has 0 spiro atoms. The molecule has 2 aliphatic heterocycles. The van der Waals surface area contributed by atoms with Crippen LogP contribution in [0.2, 0.25) is 0 Å². The van der Waals surface area contributed by atoms with Gasteiger partial charge in [-0.15, -0.1) is 0 Å². The Kier molecular flexibility index (Phi) is 6.77. The molecule has 5 atom stereocenters. The first-order valence-electron chi connectivity index (χ1n) is 9.29. The summed E-state index contributed by atoms with van der Waals surface area (Å²) in [5.74, 6) is -4.01. The van der Waals surface area contributed by atoms with Gasteiger partial charge in [0.1, 0.15) is 6.61 Å². The maximum Gasteiger partial charge on any atom is 0.338 e. The van der Waals surface area contributed by atoms with Crippen molar-refractivity contribution in [2.45, 2.75) is 51.4 Å². The van der Waals surface area contributed by atoms with Crippen LogP contribution in [0.15, 0.2) is 11.6 Å². The number of esters is 2. The highest BCUT2D eigenvalue weighted by molar-refractivity contribution is 6.00. The molecule has 2 aliphatic rings. The van der Waals surface area contributed by atoms with Crippen LogP contribution in [-0.4, -0.2) is 77.4 Å². The highest BCUT2D eigenvalue weighted by Crippen LogP contribution is 2.30. The highest BCUT2D eigenvalue weighted by atomic mass is 16.6. The number of hydrogen-bond acceptors (Lipinski definition) is 8. The molecule has 1 fully saturated rings. The number of likely N-dealkylation sites (N-methyl/N-ethyl adjacent to an activating group) is 1. The van der Waals surface area contributed by atoms with Crippen LogP contribution in [0.4, 0.5) is 0 Å². The van der Waals surface area contributed by atoms with E-state index in [-0.39, 0.29) is 18.6 Å². The van der Waals surface area contributed by atoms with E-state index in [2.05, 4.69) is 0 Å². The molecule has 8 nitrogen and oxygen atoms in total. The number of hydrogen-bond donors (Lipinski definition) is 2. The number of aliphatic hydroxyl groups is 2. The zero-order valence-corrected chi connectivity index (χ0v) is 16.3. The van der Waals surface area contributed by atoms with Gasteiger partial charge in [0.25, 0.3) is 0 Å². The van der Waals surface area contributed by atoms with Crippen molar-refractivity contribution in [3.63, 3.8) is 0 Å².